The van der Waals surface area contributed by atoms with Crippen LogP contribution in [0.15, 0.2) is 36.0 Å². The Balaban J connectivity index is 1.82. The molecule has 1 aliphatic carbocycles. The third-order valence-electron chi connectivity index (χ3n) is 5.61. The highest BCUT2D eigenvalue weighted by atomic mass is 16.6. The maximum absolute atomic E-state index is 11.9. The van der Waals surface area contributed by atoms with Crippen LogP contribution in [0.3, 0.4) is 0 Å². The van der Waals surface area contributed by atoms with Gasteiger partial charge in [0, 0.05) is 11.5 Å². The van der Waals surface area contributed by atoms with Crippen molar-refractivity contribution >= 4 is 5.97 Å². The highest BCUT2D eigenvalue weighted by molar-refractivity contribution is 5.91. The van der Waals surface area contributed by atoms with E-state index < -0.39 is 5.60 Å². The highest BCUT2D eigenvalue weighted by Gasteiger charge is 2.52. The van der Waals surface area contributed by atoms with Crippen LogP contribution in [0.5, 0.6) is 0 Å². The number of epoxide rings is 1. The smallest absolute Gasteiger partial charge is 0.334 e. The molecule has 3 aliphatic rings. The lowest BCUT2D eigenvalue weighted by Gasteiger charge is -2.20. The van der Waals surface area contributed by atoms with Crippen LogP contribution in [-0.4, -0.2) is 34.5 Å². The standard InChI is InChI=1S/C20H28O4/c1-13-6-5-9-19(3,22)10-8-17-20(4,24-17)11-7-15-14(2)18(21)23-16(15)12-13/h5,9,12,15-17,22H,2,6-8,10-11H2,1,3-4H3/b9-5+,13-12+/t15-,16-,17-,19-,20-/m0/s1. The van der Waals surface area contributed by atoms with Crippen LogP contribution in [0.4, 0.5) is 0 Å². The third-order valence-corrected chi connectivity index (χ3v) is 5.61. The summed E-state index contributed by atoms with van der Waals surface area (Å²) in [7, 11) is 0. The molecule has 2 aliphatic heterocycles. The Kier molecular flexibility index (Phi) is 4.47. The fraction of sp³-hybridized carbons (Fsp3) is 0.650. The molecule has 0 amide bonds. The lowest BCUT2D eigenvalue weighted by atomic mass is 9.85. The van der Waals surface area contributed by atoms with Gasteiger partial charge in [-0.15, -0.1) is 0 Å². The number of allylic oxidation sites excluding steroid dienone is 2. The molecule has 3 rings (SSSR count). The van der Waals surface area contributed by atoms with Crippen molar-refractivity contribution in [2.24, 2.45) is 5.92 Å². The van der Waals surface area contributed by atoms with Gasteiger partial charge in [0.25, 0.3) is 0 Å². The number of fused-ring (bicyclic) bond motifs is 2. The summed E-state index contributed by atoms with van der Waals surface area (Å²) in [5.74, 6) is -0.251. The second-order valence-electron chi connectivity index (χ2n) is 7.97. The van der Waals surface area contributed by atoms with E-state index in [1.165, 1.54) is 0 Å². The minimum atomic E-state index is -0.812. The molecule has 4 heteroatoms. The van der Waals surface area contributed by atoms with Crippen LogP contribution in [0.1, 0.15) is 52.9 Å². The largest absolute Gasteiger partial charge is 0.454 e. The van der Waals surface area contributed by atoms with Crippen molar-refractivity contribution in [2.75, 3.05) is 0 Å². The molecule has 4 nitrogen and oxygen atoms in total. The van der Waals surface area contributed by atoms with Crippen molar-refractivity contribution in [3.63, 3.8) is 0 Å². The summed E-state index contributed by atoms with van der Waals surface area (Å²) in [6.45, 7) is 9.92. The maximum Gasteiger partial charge on any atom is 0.334 e. The van der Waals surface area contributed by atoms with Crippen LogP contribution in [0.25, 0.3) is 0 Å². The van der Waals surface area contributed by atoms with Crippen LogP contribution >= 0.6 is 0 Å². The number of hydrogen-bond acceptors (Lipinski definition) is 4. The van der Waals surface area contributed by atoms with Crippen molar-refractivity contribution in [3.05, 3.63) is 36.0 Å². The first-order valence-corrected chi connectivity index (χ1v) is 8.85. The zero-order valence-electron chi connectivity index (χ0n) is 14.9. The number of carbonyl (C=O) groups excluding carboxylic acids is 1. The van der Waals surface area contributed by atoms with Gasteiger partial charge in [0.15, 0.2) is 0 Å². The maximum atomic E-state index is 11.9. The Morgan fingerprint density at radius 1 is 1.29 bits per heavy atom. The molecule has 0 bridgehead atoms. The summed E-state index contributed by atoms with van der Waals surface area (Å²) in [6, 6.07) is 0. The normalized spacial score (nSPS) is 46.8. The molecule has 0 aromatic rings. The summed E-state index contributed by atoms with van der Waals surface area (Å²) < 4.78 is 11.4. The average Bonchev–Trinajstić information content (AvgIpc) is 3.06. The van der Waals surface area contributed by atoms with Crippen molar-refractivity contribution in [1.29, 1.82) is 0 Å². The summed E-state index contributed by atoms with van der Waals surface area (Å²) >= 11 is 0. The van der Waals surface area contributed by atoms with Crippen molar-refractivity contribution < 1.29 is 19.4 Å². The fourth-order valence-corrected chi connectivity index (χ4v) is 3.79. The number of ether oxygens (including phenoxy) is 2. The molecule has 2 heterocycles. The van der Waals surface area contributed by atoms with Gasteiger partial charge >= 0.3 is 5.97 Å². The second kappa shape index (κ2) is 6.16. The minimum absolute atomic E-state index is 0.0316. The van der Waals surface area contributed by atoms with E-state index in [0.717, 1.165) is 31.3 Å². The van der Waals surface area contributed by atoms with Gasteiger partial charge < -0.3 is 14.6 Å². The Hall–Kier alpha value is -1.39. The molecular weight excluding hydrogens is 304 g/mol. The van der Waals surface area contributed by atoms with E-state index in [1.807, 2.05) is 32.1 Å². The summed E-state index contributed by atoms with van der Waals surface area (Å²) in [5.41, 5.74) is 0.742. The van der Waals surface area contributed by atoms with Crippen LogP contribution in [-0.2, 0) is 14.3 Å². The molecule has 0 radical (unpaired) electrons. The van der Waals surface area contributed by atoms with Gasteiger partial charge in [0.1, 0.15) is 6.10 Å². The Morgan fingerprint density at radius 3 is 2.79 bits per heavy atom. The molecule has 0 saturated carbocycles. The lowest BCUT2D eigenvalue weighted by molar-refractivity contribution is -0.137. The molecule has 2 fully saturated rings. The molecular formula is C20H28O4. The topological polar surface area (TPSA) is 59.1 Å². The van der Waals surface area contributed by atoms with E-state index in [1.54, 1.807) is 0 Å². The third kappa shape index (κ3) is 3.65. The van der Waals surface area contributed by atoms with Gasteiger partial charge in [-0.2, -0.15) is 0 Å². The van der Waals surface area contributed by atoms with Crippen LogP contribution < -0.4 is 0 Å². The molecule has 0 unspecified atom stereocenters. The Labute approximate surface area is 144 Å². The predicted molar refractivity (Wildman–Crippen MR) is 92.4 cm³/mol. The zero-order chi connectivity index (χ0) is 17.5. The SMILES string of the molecule is C=C1C(=O)O[C@H]2/C=C(\C)C/C=C/[C@](C)(O)CC[C@@H]3O[C@@]3(C)CC[C@@H]12. The second-order valence-corrected chi connectivity index (χ2v) is 7.97. The molecule has 1 N–H and O–H groups in total. The van der Waals surface area contributed by atoms with Crippen molar-refractivity contribution in [2.45, 2.75) is 76.3 Å². The van der Waals surface area contributed by atoms with E-state index in [2.05, 4.69) is 13.5 Å². The van der Waals surface area contributed by atoms with Gasteiger partial charge in [0.2, 0.25) is 0 Å². The first-order chi connectivity index (χ1) is 11.2. The van der Waals surface area contributed by atoms with Crippen LogP contribution in [0, 0.1) is 5.92 Å². The van der Waals surface area contributed by atoms with E-state index >= 15 is 0 Å². The number of aliphatic hydroxyl groups is 1. The molecule has 0 aromatic heterocycles. The molecule has 5 atom stereocenters. The van der Waals surface area contributed by atoms with Gasteiger partial charge in [-0.25, -0.2) is 4.79 Å². The fourth-order valence-electron chi connectivity index (χ4n) is 3.79. The van der Waals surface area contributed by atoms with Gasteiger partial charge in [-0.1, -0.05) is 24.3 Å². The monoisotopic (exact) mass is 332 g/mol. The van der Waals surface area contributed by atoms with E-state index in [4.69, 9.17) is 9.47 Å². The number of hydrogen-bond donors (Lipinski definition) is 1. The summed E-state index contributed by atoms with van der Waals surface area (Å²) in [6.07, 6.45) is 9.81. The van der Waals surface area contributed by atoms with Crippen LogP contribution in [0.2, 0.25) is 0 Å². The van der Waals surface area contributed by atoms with Crippen molar-refractivity contribution in [3.8, 4) is 0 Å². The number of rotatable bonds is 0. The summed E-state index contributed by atoms with van der Waals surface area (Å²) in [4.78, 5) is 11.9. The first-order valence-electron chi connectivity index (χ1n) is 8.85. The molecule has 0 aromatic carbocycles. The number of esters is 1. The zero-order valence-corrected chi connectivity index (χ0v) is 14.9. The van der Waals surface area contributed by atoms with Gasteiger partial charge in [0.05, 0.1) is 17.3 Å². The highest BCUT2D eigenvalue weighted by Crippen LogP contribution is 2.46. The number of carbonyl (C=O) groups is 1. The van der Waals surface area contributed by atoms with E-state index in [9.17, 15) is 9.90 Å². The quantitative estimate of drug-likeness (QED) is 0.319. The molecule has 0 spiro atoms. The minimum Gasteiger partial charge on any atom is -0.454 e. The van der Waals surface area contributed by atoms with Gasteiger partial charge in [-0.3, -0.25) is 0 Å². The lowest BCUT2D eigenvalue weighted by Crippen LogP contribution is -2.23. The summed E-state index contributed by atoms with van der Waals surface area (Å²) in [5, 5.41) is 10.5. The Bertz CT molecular complexity index is 601. The van der Waals surface area contributed by atoms with E-state index in [0.29, 0.717) is 12.0 Å². The molecule has 132 valence electrons. The Morgan fingerprint density at radius 2 is 2.04 bits per heavy atom. The average molecular weight is 332 g/mol. The van der Waals surface area contributed by atoms with Gasteiger partial charge in [-0.05, 0) is 59.0 Å². The predicted octanol–water partition coefficient (Wildman–Crippen LogP) is 3.46. The molecule has 2 saturated heterocycles. The first kappa shape index (κ1) is 17.4. The molecule has 24 heavy (non-hydrogen) atoms. The van der Waals surface area contributed by atoms with Crippen molar-refractivity contribution in [1.82, 2.24) is 0 Å². The van der Waals surface area contributed by atoms with E-state index in [-0.39, 0.29) is 29.7 Å².